The second kappa shape index (κ2) is 31.7. The van der Waals surface area contributed by atoms with Crippen molar-refractivity contribution >= 4 is 41.2 Å². The number of nitrogens with one attached hydrogen (secondary N) is 7. The number of hydrogen-bond donors (Lipinski definition) is 16. The third-order valence-electron chi connectivity index (χ3n) is 16.4. The number of rotatable bonds is 20. The van der Waals surface area contributed by atoms with Crippen LogP contribution in [0.15, 0.2) is 97.1 Å². The van der Waals surface area contributed by atoms with Gasteiger partial charge in [-0.1, -0.05) is 87.4 Å². The summed E-state index contributed by atoms with van der Waals surface area (Å²) in [5.41, 5.74) is 3.48. The van der Waals surface area contributed by atoms with Gasteiger partial charge in [0.05, 0.1) is 49.7 Å². The van der Waals surface area contributed by atoms with E-state index in [1.54, 1.807) is 12.1 Å². The van der Waals surface area contributed by atoms with Crippen LogP contribution < -0.4 is 42.0 Å². The predicted octanol–water partition coefficient (Wildman–Crippen LogP) is -0.753. The maximum atomic E-state index is 14.8. The molecule has 6 amide bonds. The van der Waals surface area contributed by atoms with Crippen molar-refractivity contribution in [3.63, 3.8) is 0 Å². The summed E-state index contributed by atoms with van der Waals surface area (Å²) < 4.78 is 5.86. The molecule has 0 radical (unpaired) electrons. The average molecular weight is 1230 g/mol. The van der Waals surface area contributed by atoms with Crippen molar-refractivity contribution in [1.82, 2.24) is 42.1 Å². The number of carbonyl (C=O) groups is 7. The summed E-state index contributed by atoms with van der Waals surface area (Å²) in [6.07, 6.45) is -12.5. The standard InChI is InChI=1S/C63H84N8O17/c1-5-6-7-28-88-44-22-18-39(19-23-44)37-10-8-36(9-11-37)38-12-14-41(15-13-38)58(82)66-47-31-48(77)57(65-25-24-64-26-27-72)70-62(86)52-53(78)33(2)32-71(52)63(87)50(35(4)74)68-61(85)51(56(81)54(79)40-16-20-42(75)21-17-40)69-59(83)46-30-43(76)29-45(46)55(80)49(34(3)73)67-60(47)84/h8-23,33-35,43,45-54,56-57,64-65,72-79,81H,5-7,24-32H2,1-4H3,(H,66,82)(H,67,84)(H,68,85)(H,69,83)(H,70,86)/t33-,34+,35+,43-,45?,46?,47-,48+,49?,50?,51?,52?,53-,54-,56-,57?/m0/s1. The van der Waals surface area contributed by atoms with E-state index >= 15 is 0 Å². The van der Waals surface area contributed by atoms with Crippen LogP contribution in [0.1, 0.15) is 88.2 Å². The topological polar surface area (TPSA) is 398 Å². The lowest BCUT2D eigenvalue weighted by molar-refractivity contribution is -0.147. The molecule has 1 aliphatic carbocycles. The van der Waals surface area contributed by atoms with Crippen molar-refractivity contribution in [3.05, 3.63) is 108 Å². The number of aromatic hydroxyl groups is 1. The molecule has 2 aliphatic heterocycles. The zero-order valence-corrected chi connectivity index (χ0v) is 49.7. The summed E-state index contributed by atoms with van der Waals surface area (Å²) in [6.45, 7) is 6.28. The average Bonchev–Trinajstić information content (AvgIpc) is 2.10. The Kier molecular flexibility index (Phi) is 24.5. The zero-order chi connectivity index (χ0) is 63.9. The Hall–Kier alpha value is -7.43. The maximum absolute atomic E-state index is 14.8. The molecule has 0 aromatic heterocycles. The SMILES string of the molecule is CCCCCOc1ccc(-c2ccc(-c3ccc(C(=O)N[C@H]4C[C@@H](O)C(NCCNCCO)NC(=O)C5[C@@H](O)[C@@H](C)CN5C(=O)C([C@@H](C)O)NC(=O)C([C@H](O)[C@@H](O)c5ccc(O)cc5)NC(=O)C5C[C@@H](O)CC5C(=O)C([C@@H](C)O)NC4=O)cc3)cc2)cc1. The van der Waals surface area contributed by atoms with Gasteiger partial charge in [-0.2, -0.15) is 0 Å². The van der Waals surface area contributed by atoms with Crippen LogP contribution in [0.3, 0.4) is 0 Å². The van der Waals surface area contributed by atoms with Crippen molar-refractivity contribution in [1.29, 1.82) is 0 Å². The number of hydrogen-bond acceptors (Lipinski definition) is 19. The number of unbranched alkanes of at least 4 members (excludes halogenated alkanes) is 2. The fraction of sp³-hybridized carbons (Fsp3) is 0.508. The number of phenolic OH excluding ortho intramolecular Hbond substituents is 1. The highest BCUT2D eigenvalue weighted by molar-refractivity contribution is 6.01. The largest absolute Gasteiger partial charge is 0.508 e. The number of aliphatic hydroxyl groups is 8. The van der Waals surface area contributed by atoms with Gasteiger partial charge in [0.2, 0.25) is 29.5 Å². The smallest absolute Gasteiger partial charge is 0.251 e. The van der Waals surface area contributed by atoms with Crippen molar-refractivity contribution in [2.75, 3.05) is 39.4 Å². The Bertz CT molecular complexity index is 2990. The summed E-state index contributed by atoms with van der Waals surface area (Å²) in [5.74, 6) is -11.0. The van der Waals surface area contributed by atoms with Gasteiger partial charge in [-0.25, -0.2) is 0 Å². The number of aliphatic hydroxyl groups excluding tert-OH is 8. The molecule has 2 heterocycles. The molecular formula is C63H84N8O17. The Labute approximate surface area is 510 Å². The number of ketones is 1. The van der Waals surface area contributed by atoms with Crippen LogP contribution >= 0.6 is 0 Å². The molecule has 478 valence electrons. The summed E-state index contributed by atoms with van der Waals surface area (Å²) >= 11 is 0. The van der Waals surface area contributed by atoms with E-state index < -0.39 is 157 Å². The fourth-order valence-electron chi connectivity index (χ4n) is 11.4. The minimum atomic E-state index is -2.27. The van der Waals surface area contributed by atoms with E-state index in [9.17, 15) is 79.5 Å². The Balaban J connectivity index is 1.22. The van der Waals surface area contributed by atoms with Gasteiger partial charge in [0.1, 0.15) is 60.1 Å². The number of fused-ring (bicyclic) bond motifs is 2. The molecule has 3 fully saturated rings. The molecule has 16 atom stereocenters. The van der Waals surface area contributed by atoms with Crippen LogP contribution in [-0.4, -0.2) is 204 Å². The fourth-order valence-corrected chi connectivity index (χ4v) is 11.4. The van der Waals surface area contributed by atoms with Crippen molar-refractivity contribution < 1.29 is 84.3 Å². The molecule has 25 nitrogen and oxygen atoms in total. The summed E-state index contributed by atoms with van der Waals surface area (Å²) in [7, 11) is 0. The van der Waals surface area contributed by atoms with Gasteiger partial charge in [0, 0.05) is 50.0 Å². The minimum absolute atomic E-state index is 0.0291. The highest BCUT2D eigenvalue weighted by Gasteiger charge is 2.51. The van der Waals surface area contributed by atoms with Gasteiger partial charge < -0.3 is 87.5 Å². The molecule has 16 N–H and O–H groups in total. The Morgan fingerprint density at radius 2 is 1.23 bits per heavy atom. The number of benzene rings is 4. The molecule has 25 heteroatoms. The van der Waals surface area contributed by atoms with Gasteiger partial charge in [-0.05, 0) is 97.3 Å². The van der Waals surface area contributed by atoms with Gasteiger partial charge in [0.25, 0.3) is 5.91 Å². The van der Waals surface area contributed by atoms with Gasteiger partial charge in [-0.15, -0.1) is 0 Å². The van der Waals surface area contributed by atoms with Crippen molar-refractivity contribution in [2.45, 2.75) is 145 Å². The second-order valence-corrected chi connectivity index (χ2v) is 23.1. The first kappa shape index (κ1) is 68.1. The van der Waals surface area contributed by atoms with E-state index in [4.69, 9.17) is 4.74 Å². The Morgan fingerprint density at radius 3 is 1.82 bits per heavy atom. The van der Waals surface area contributed by atoms with Crippen molar-refractivity contribution in [2.24, 2.45) is 17.8 Å². The molecule has 1 saturated carbocycles. The highest BCUT2D eigenvalue weighted by atomic mass is 16.5. The molecular weight excluding hydrogens is 1140 g/mol. The van der Waals surface area contributed by atoms with E-state index in [1.807, 2.05) is 48.5 Å². The number of Topliss-reactive ketones (excluding diaryl/α,β-unsaturated/α-hetero) is 1. The molecule has 4 aromatic carbocycles. The van der Waals surface area contributed by atoms with E-state index in [-0.39, 0.29) is 49.7 Å². The number of ether oxygens (including phenoxy) is 1. The third-order valence-corrected chi connectivity index (χ3v) is 16.4. The van der Waals surface area contributed by atoms with Crippen LogP contribution in [-0.2, 0) is 28.8 Å². The quantitative estimate of drug-likeness (QED) is 0.0484. The first-order valence-corrected chi connectivity index (χ1v) is 29.9. The van der Waals surface area contributed by atoms with Crippen LogP contribution in [0.25, 0.3) is 22.3 Å². The maximum Gasteiger partial charge on any atom is 0.251 e. The number of amides is 6. The minimum Gasteiger partial charge on any atom is -0.508 e. The number of carbonyl (C=O) groups excluding carboxylic acids is 7. The van der Waals surface area contributed by atoms with Gasteiger partial charge in [0.15, 0.2) is 5.78 Å². The zero-order valence-electron chi connectivity index (χ0n) is 49.7. The predicted molar refractivity (Wildman–Crippen MR) is 320 cm³/mol. The molecule has 7 unspecified atom stereocenters. The lowest BCUT2D eigenvalue weighted by Gasteiger charge is -2.34. The molecule has 2 saturated heterocycles. The molecule has 88 heavy (non-hydrogen) atoms. The van der Waals surface area contributed by atoms with Crippen molar-refractivity contribution in [3.8, 4) is 33.8 Å². The lowest BCUT2D eigenvalue weighted by atomic mass is 9.85. The second-order valence-electron chi connectivity index (χ2n) is 23.1. The van der Waals surface area contributed by atoms with Crippen LogP contribution in [0.5, 0.6) is 11.5 Å². The van der Waals surface area contributed by atoms with E-state index in [0.717, 1.165) is 66.0 Å². The highest BCUT2D eigenvalue weighted by Crippen LogP contribution is 2.36. The third kappa shape index (κ3) is 17.2. The first-order chi connectivity index (χ1) is 42.0. The van der Waals surface area contributed by atoms with Gasteiger partial charge in [-0.3, -0.25) is 38.9 Å². The number of nitrogens with zero attached hydrogens (tertiary/aromatic N) is 1. The summed E-state index contributed by atoms with van der Waals surface area (Å²) in [5, 5.41) is 118. The van der Waals surface area contributed by atoms with E-state index in [0.29, 0.717) is 6.61 Å². The van der Waals surface area contributed by atoms with Crippen LogP contribution in [0.4, 0.5) is 0 Å². The molecule has 0 bridgehead atoms. The van der Waals surface area contributed by atoms with E-state index in [2.05, 4.69) is 44.1 Å². The normalized spacial score (nSPS) is 27.3. The van der Waals surface area contributed by atoms with Crippen LogP contribution in [0.2, 0.25) is 0 Å². The molecule has 4 aromatic rings. The monoisotopic (exact) mass is 1220 g/mol. The summed E-state index contributed by atoms with van der Waals surface area (Å²) in [4.78, 5) is 103. The lowest BCUT2D eigenvalue weighted by Crippen LogP contribution is -2.64. The van der Waals surface area contributed by atoms with Crippen LogP contribution in [0, 0.1) is 17.8 Å². The molecule has 3 aliphatic rings. The van der Waals surface area contributed by atoms with Gasteiger partial charge >= 0.3 is 0 Å². The Morgan fingerprint density at radius 1 is 0.659 bits per heavy atom. The summed E-state index contributed by atoms with van der Waals surface area (Å²) in [6, 6.07) is 17.1. The molecule has 0 spiro atoms. The number of phenols is 1. The van der Waals surface area contributed by atoms with E-state index in [1.165, 1.54) is 43.3 Å². The first-order valence-electron chi connectivity index (χ1n) is 29.9. The molecule has 7 rings (SSSR count).